The first kappa shape index (κ1) is 35.8. The third-order valence-electron chi connectivity index (χ3n) is 7.46. The van der Waals surface area contributed by atoms with E-state index in [1.165, 1.54) is 0 Å². The highest BCUT2D eigenvalue weighted by Gasteiger charge is 2.57. The number of carbonyl (C=O) groups excluding carboxylic acids is 1. The van der Waals surface area contributed by atoms with Gasteiger partial charge in [0, 0.05) is 13.3 Å². The SMILES string of the molecule is CC(=O)N[C@@H]1[C@@H](O[C@@H]2O[C@H](CO)[C@H](O)[C@H](O)[C@H]2O)[C@@H](O)[C@@H](CO[C@]2(C(=O)O)C[C@H](O)[C@@H](O)[C@H]([C@H](O)[C@H](O)CO)O2)O[C@H]1O. The first-order valence-electron chi connectivity index (χ1n) is 13.2. The van der Waals surface area contributed by atoms with Crippen molar-refractivity contribution in [1.29, 1.82) is 0 Å². The fourth-order valence-corrected chi connectivity index (χ4v) is 5.02. The largest absolute Gasteiger partial charge is 0.477 e. The van der Waals surface area contributed by atoms with Crippen molar-refractivity contribution >= 4 is 11.9 Å². The van der Waals surface area contributed by atoms with E-state index in [0.29, 0.717) is 0 Å². The Morgan fingerprint density at radius 2 is 1.58 bits per heavy atom. The van der Waals surface area contributed by atoms with Crippen molar-refractivity contribution in [3.05, 3.63) is 0 Å². The van der Waals surface area contributed by atoms with Crippen molar-refractivity contribution in [2.45, 2.75) is 111 Å². The van der Waals surface area contributed by atoms with Crippen LogP contribution in [0.3, 0.4) is 0 Å². The van der Waals surface area contributed by atoms with Gasteiger partial charge in [0.15, 0.2) is 12.6 Å². The second-order valence-electron chi connectivity index (χ2n) is 10.5. The first-order valence-corrected chi connectivity index (χ1v) is 13.2. The van der Waals surface area contributed by atoms with Gasteiger partial charge in [0.05, 0.1) is 25.9 Å². The molecule has 0 saturated carbocycles. The molecule has 250 valence electrons. The number of aliphatic hydroxyl groups excluding tert-OH is 11. The van der Waals surface area contributed by atoms with Crippen molar-refractivity contribution in [3.63, 3.8) is 0 Å². The molecule has 16 atom stereocenters. The van der Waals surface area contributed by atoms with Gasteiger partial charge in [0.25, 0.3) is 5.79 Å². The molecule has 0 radical (unpaired) electrons. The monoisotopic (exact) mass is 633 g/mol. The molecule has 3 aliphatic heterocycles. The molecule has 0 aromatic carbocycles. The molecule has 13 N–H and O–H groups in total. The van der Waals surface area contributed by atoms with E-state index >= 15 is 0 Å². The number of rotatable bonds is 11. The fourth-order valence-electron chi connectivity index (χ4n) is 5.02. The minimum absolute atomic E-state index is 0.736. The Hall–Kier alpha value is -1.70. The molecule has 3 saturated heterocycles. The molecule has 1 amide bonds. The van der Waals surface area contributed by atoms with E-state index in [2.05, 4.69) is 5.32 Å². The second kappa shape index (κ2) is 14.6. The van der Waals surface area contributed by atoms with E-state index in [4.69, 9.17) is 28.8 Å². The summed E-state index contributed by atoms with van der Waals surface area (Å²) in [5, 5.41) is 123. The molecule has 0 unspecified atom stereocenters. The second-order valence-corrected chi connectivity index (χ2v) is 10.5. The molecule has 3 heterocycles. The number of amides is 1. The maximum absolute atomic E-state index is 12.2. The van der Waals surface area contributed by atoms with Gasteiger partial charge in [0.2, 0.25) is 5.91 Å². The quantitative estimate of drug-likeness (QED) is 0.100. The zero-order valence-electron chi connectivity index (χ0n) is 22.7. The number of ether oxygens (including phenoxy) is 5. The summed E-state index contributed by atoms with van der Waals surface area (Å²) in [6, 6.07) is -1.56. The van der Waals surface area contributed by atoms with E-state index in [1.54, 1.807) is 0 Å². The van der Waals surface area contributed by atoms with Crippen LogP contribution in [0, 0.1) is 0 Å². The lowest BCUT2D eigenvalue weighted by Gasteiger charge is -2.48. The van der Waals surface area contributed by atoms with Gasteiger partial charge in [-0.25, -0.2) is 4.79 Å². The fraction of sp³-hybridized carbons (Fsp3) is 0.913. The molecule has 0 aromatic rings. The average Bonchev–Trinajstić information content (AvgIpc) is 2.96. The summed E-state index contributed by atoms with van der Waals surface area (Å²) in [6.07, 6.45) is -27.0. The number of aliphatic hydroxyl groups is 11. The van der Waals surface area contributed by atoms with Crippen LogP contribution >= 0.6 is 0 Å². The Morgan fingerprint density at radius 3 is 2.14 bits per heavy atom. The van der Waals surface area contributed by atoms with Gasteiger partial charge in [0.1, 0.15) is 73.2 Å². The number of carbonyl (C=O) groups is 2. The zero-order valence-corrected chi connectivity index (χ0v) is 22.7. The van der Waals surface area contributed by atoms with Crippen LogP contribution in [-0.4, -0.2) is 191 Å². The van der Waals surface area contributed by atoms with E-state index in [0.717, 1.165) is 6.92 Å². The number of aliphatic carboxylic acids is 1. The highest BCUT2D eigenvalue weighted by molar-refractivity contribution is 5.76. The third-order valence-corrected chi connectivity index (χ3v) is 7.46. The minimum atomic E-state index is -2.84. The Balaban J connectivity index is 1.84. The molecular weight excluding hydrogens is 594 g/mol. The molecule has 0 spiro atoms. The highest BCUT2D eigenvalue weighted by atomic mass is 16.7. The lowest BCUT2D eigenvalue weighted by Crippen LogP contribution is -2.68. The van der Waals surface area contributed by atoms with Crippen molar-refractivity contribution in [2.24, 2.45) is 0 Å². The zero-order chi connectivity index (χ0) is 32.4. The summed E-state index contributed by atoms with van der Waals surface area (Å²) in [7, 11) is 0. The van der Waals surface area contributed by atoms with Gasteiger partial charge < -0.3 is 90.3 Å². The van der Waals surface area contributed by atoms with Gasteiger partial charge in [-0.2, -0.15) is 0 Å². The van der Waals surface area contributed by atoms with Gasteiger partial charge in [-0.15, -0.1) is 0 Å². The van der Waals surface area contributed by atoms with Gasteiger partial charge in [-0.3, -0.25) is 4.79 Å². The highest BCUT2D eigenvalue weighted by Crippen LogP contribution is 2.35. The van der Waals surface area contributed by atoms with Gasteiger partial charge in [-0.1, -0.05) is 0 Å². The van der Waals surface area contributed by atoms with Crippen LogP contribution in [-0.2, 0) is 33.3 Å². The summed E-state index contributed by atoms with van der Waals surface area (Å²) in [4.78, 5) is 24.0. The normalized spacial score (nSPS) is 45.3. The van der Waals surface area contributed by atoms with E-state index in [1.807, 2.05) is 0 Å². The maximum Gasteiger partial charge on any atom is 0.364 e. The summed E-state index contributed by atoms with van der Waals surface area (Å²) in [5.41, 5.74) is 0. The van der Waals surface area contributed by atoms with Crippen molar-refractivity contribution in [3.8, 4) is 0 Å². The maximum atomic E-state index is 12.2. The molecule has 0 bridgehead atoms. The molecule has 20 heteroatoms. The predicted molar refractivity (Wildman–Crippen MR) is 130 cm³/mol. The molecule has 43 heavy (non-hydrogen) atoms. The molecule has 3 rings (SSSR count). The van der Waals surface area contributed by atoms with Crippen LogP contribution in [0.4, 0.5) is 0 Å². The molecule has 3 aliphatic rings. The van der Waals surface area contributed by atoms with E-state index in [9.17, 15) is 65.8 Å². The van der Waals surface area contributed by atoms with E-state index < -0.39 is 136 Å². The number of carboxylic acid groups (broad SMARTS) is 1. The molecule has 20 nitrogen and oxygen atoms in total. The Morgan fingerprint density at radius 1 is 0.930 bits per heavy atom. The summed E-state index contributed by atoms with van der Waals surface area (Å²) < 4.78 is 26.8. The van der Waals surface area contributed by atoms with Crippen LogP contribution in [0.5, 0.6) is 0 Å². The standard InChI is InChI=1S/C23H39NO19/c1-6(27)24-11-18(42-21-17(35)16(34)14(32)9(4-26)41-21)15(33)10(40-20(11)36)5-39-23(22(37)38)2-7(28)12(30)19(43-23)13(31)8(29)3-25/h7-21,25-26,28-36H,2-5H2,1H3,(H,24,27)(H,37,38)/t7-,8+,9+,10+,11+,12+,13+,14-,15-,16-,17+,18+,19+,20+,21-,23+/m0/s1. The third kappa shape index (κ3) is 7.58. The van der Waals surface area contributed by atoms with Crippen molar-refractivity contribution < 1.29 is 94.6 Å². The summed E-state index contributed by atoms with van der Waals surface area (Å²) in [6.45, 7) is -1.75. The van der Waals surface area contributed by atoms with Crippen LogP contribution in [0.2, 0.25) is 0 Å². The van der Waals surface area contributed by atoms with Crippen LogP contribution < -0.4 is 5.32 Å². The Labute approximate surface area is 243 Å². The van der Waals surface area contributed by atoms with Crippen molar-refractivity contribution in [1.82, 2.24) is 5.32 Å². The smallest absolute Gasteiger partial charge is 0.364 e. The Bertz CT molecular complexity index is 942. The van der Waals surface area contributed by atoms with Gasteiger partial charge >= 0.3 is 5.97 Å². The number of hydrogen-bond acceptors (Lipinski definition) is 18. The topological polar surface area (TPSA) is 335 Å². The van der Waals surface area contributed by atoms with Crippen LogP contribution in [0.1, 0.15) is 13.3 Å². The summed E-state index contributed by atoms with van der Waals surface area (Å²) in [5.74, 6) is -5.46. The lowest BCUT2D eigenvalue weighted by atomic mass is 9.90. The Kier molecular flexibility index (Phi) is 12.1. The lowest BCUT2D eigenvalue weighted by molar-refractivity contribution is -0.355. The van der Waals surface area contributed by atoms with Gasteiger partial charge in [-0.05, 0) is 0 Å². The summed E-state index contributed by atoms with van der Waals surface area (Å²) >= 11 is 0. The molecule has 3 fully saturated rings. The molecule has 0 aliphatic carbocycles. The molecule has 0 aromatic heterocycles. The molecular formula is C23H39NO19. The van der Waals surface area contributed by atoms with Crippen LogP contribution in [0.25, 0.3) is 0 Å². The number of carboxylic acids is 1. The van der Waals surface area contributed by atoms with Crippen molar-refractivity contribution in [2.75, 3.05) is 19.8 Å². The minimum Gasteiger partial charge on any atom is -0.477 e. The number of nitrogens with one attached hydrogen (secondary N) is 1. The predicted octanol–water partition coefficient (Wildman–Crippen LogP) is -8.22. The number of hydrogen-bond donors (Lipinski definition) is 13. The average molecular weight is 634 g/mol. The van der Waals surface area contributed by atoms with E-state index in [-0.39, 0.29) is 0 Å². The van der Waals surface area contributed by atoms with Crippen LogP contribution in [0.15, 0.2) is 0 Å². The first-order chi connectivity index (χ1) is 20.1.